The van der Waals surface area contributed by atoms with Gasteiger partial charge in [0.25, 0.3) is 0 Å². The number of methoxy groups -OCH3 is 1. The molecule has 11 heteroatoms. The molecule has 0 atom stereocenters. The summed E-state index contributed by atoms with van der Waals surface area (Å²) < 4.78 is 22.4. The summed E-state index contributed by atoms with van der Waals surface area (Å²) in [7, 11) is 1.51. The van der Waals surface area contributed by atoms with Crippen LogP contribution in [0.1, 0.15) is 5.56 Å². The van der Waals surface area contributed by atoms with Gasteiger partial charge >= 0.3 is 5.69 Å². The summed E-state index contributed by atoms with van der Waals surface area (Å²) in [5.74, 6) is 0.0846. The molecule has 0 unspecified atom stereocenters. The van der Waals surface area contributed by atoms with Gasteiger partial charge < -0.3 is 14.7 Å². The first-order valence-corrected chi connectivity index (χ1v) is 10.4. The highest BCUT2D eigenvalue weighted by atomic mass is 19.1. The fourth-order valence-electron chi connectivity index (χ4n) is 4.00. The summed E-state index contributed by atoms with van der Waals surface area (Å²) >= 11 is 0. The molecule has 0 aliphatic heterocycles. The van der Waals surface area contributed by atoms with E-state index in [1.807, 2.05) is 30.3 Å². The molecule has 4 aromatic heterocycles. The number of halogens is 1. The number of imidazole rings is 1. The zero-order valence-corrected chi connectivity index (χ0v) is 17.9. The Morgan fingerprint density at radius 2 is 1.94 bits per heavy atom. The van der Waals surface area contributed by atoms with Crippen molar-refractivity contribution in [2.75, 3.05) is 7.11 Å². The van der Waals surface area contributed by atoms with Gasteiger partial charge in [0.2, 0.25) is 0 Å². The molecule has 0 aliphatic carbocycles. The van der Waals surface area contributed by atoms with E-state index in [2.05, 4.69) is 30.4 Å². The fraction of sp³-hybridized carbons (Fsp3) is 0.0870. The third kappa shape index (κ3) is 3.30. The molecular formula is C23H17FN8O2. The molecule has 6 rings (SSSR count). The topological polar surface area (TPSA) is 119 Å². The molecule has 2 aromatic carbocycles. The zero-order valence-electron chi connectivity index (χ0n) is 17.9. The molecule has 0 fully saturated rings. The maximum Gasteiger partial charge on any atom is 0.323 e. The van der Waals surface area contributed by atoms with Crippen LogP contribution in [0.3, 0.4) is 0 Å². The van der Waals surface area contributed by atoms with E-state index in [1.165, 1.54) is 19.2 Å². The van der Waals surface area contributed by atoms with Gasteiger partial charge in [-0.1, -0.05) is 11.3 Å². The Bertz CT molecular complexity index is 1730. The highest BCUT2D eigenvalue weighted by Crippen LogP contribution is 2.26. The number of ether oxygens (including phenoxy) is 1. The number of pyridine rings is 1. The van der Waals surface area contributed by atoms with Crippen LogP contribution in [0.4, 0.5) is 4.39 Å². The van der Waals surface area contributed by atoms with Gasteiger partial charge in [0.1, 0.15) is 17.1 Å². The van der Waals surface area contributed by atoms with Crippen LogP contribution in [0.15, 0.2) is 65.7 Å². The van der Waals surface area contributed by atoms with Crippen LogP contribution in [0.5, 0.6) is 5.75 Å². The van der Waals surface area contributed by atoms with Crippen LogP contribution in [0.25, 0.3) is 39.1 Å². The molecule has 34 heavy (non-hydrogen) atoms. The number of rotatable bonds is 5. The Labute approximate surface area is 190 Å². The van der Waals surface area contributed by atoms with E-state index in [4.69, 9.17) is 4.74 Å². The molecule has 0 radical (unpaired) electrons. The summed E-state index contributed by atoms with van der Waals surface area (Å²) in [6, 6.07) is 13.6. The molecule has 2 N–H and O–H groups in total. The lowest BCUT2D eigenvalue weighted by Gasteiger charge is -2.11. The smallest absolute Gasteiger partial charge is 0.323 e. The fourth-order valence-corrected chi connectivity index (χ4v) is 4.00. The van der Waals surface area contributed by atoms with E-state index in [-0.39, 0.29) is 11.5 Å². The number of fused-ring (bicyclic) bond motifs is 2. The monoisotopic (exact) mass is 456 g/mol. The molecule has 0 saturated carbocycles. The second-order valence-electron chi connectivity index (χ2n) is 7.70. The second-order valence-corrected chi connectivity index (χ2v) is 7.70. The average molecular weight is 456 g/mol. The Kier molecular flexibility index (Phi) is 4.47. The van der Waals surface area contributed by atoms with Gasteiger partial charge in [-0.15, -0.1) is 5.10 Å². The average Bonchev–Trinajstić information content (AvgIpc) is 3.56. The molecule has 0 aliphatic rings. The number of hydrogen-bond acceptors (Lipinski definition) is 6. The first-order chi connectivity index (χ1) is 16.6. The quantitative estimate of drug-likeness (QED) is 0.412. The number of nitrogens with one attached hydrogen (secondary N) is 2. The zero-order chi connectivity index (χ0) is 23.2. The number of nitrogens with zero attached hydrogens (tertiary/aromatic N) is 6. The standard InChI is InChI=1S/C23H17FN8O2/c1-34-22-8-14(24)3-2-13(22)12-31-20(6-7-26-31)18-10-21-19(11-25-18)29-30-32(21)15-4-5-16-17(9-15)28-23(33)27-16/h2-11H,12H2,1H3,(H2,27,28,33). The Hall–Kier alpha value is -4.80. The van der Waals surface area contributed by atoms with E-state index in [1.54, 1.807) is 27.8 Å². The summed E-state index contributed by atoms with van der Waals surface area (Å²) in [6.07, 6.45) is 3.34. The number of aromatic nitrogens is 8. The third-order valence-corrected chi connectivity index (χ3v) is 5.62. The maximum atomic E-state index is 13.6. The number of hydrogen-bond donors (Lipinski definition) is 2. The van der Waals surface area contributed by atoms with Crippen LogP contribution >= 0.6 is 0 Å². The van der Waals surface area contributed by atoms with Crippen molar-refractivity contribution in [2.45, 2.75) is 6.54 Å². The van der Waals surface area contributed by atoms with Crippen LogP contribution in [-0.4, -0.2) is 46.8 Å². The van der Waals surface area contributed by atoms with Crippen molar-refractivity contribution in [3.05, 3.63) is 82.8 Å². The summed E-state index contributed by atoms with van der Waals surface area (Å²) in [6.45, 7) is 0.376. The van der Waals surface area contributed by atoms with E-state index in [9.17, 15) is 9.18 Å². The van der Waals surface area contributed by atoms with Gasteiger partial charge in [-0.3, -0.25) is 9.67 Å². The summed E-state index contributed by atoms with van der Waals surface area (Å²) in [5, 5.41) is 12.9. The lowest BCUT2D eigenvalue weighted by atomic mass is 10.2. The maximum absolute atomic E-state index is 13.6. The lowest BCUT2D eigenvalue weighted by molar-refractivity contribution is 0.404. The molecule has 0 saturated heterocycles. The highest BCUT2D eigenvalue weighted by Gasteiger charge is 2.15. The number of H-pyrrole nitrogens is 2. The lowest BCUT2D eigenvalue weighted by Crippen LogP contribution is -2.06. The molecule has 6 aromatic rings. The van der Waals surface area contributed by atoms with Crippen molar-refractivity contribution in [3.8, 4) is 22.8 Å². The van der Waals surface area contributed by atoms with Crippen LogP contribution < -0.4 is 10.4 Å². The van der Waals surface area contributed by atoms with Gasteiger partial charge in [-0.05, 0) is 36.4 Å². The van der Waals surface area contributed by atoms with Crippen molar-refractivity contribution in [1.82, 2.24) is 39.7 Å². The van der Waals surface area contributed by atoms with Gasteiger partial charge in [0.15, 0.2) is 0 Å². The van der Waals surface area contributed by atoms with Gasteiger partial charge in [0.05, 0.1) is 53.5 Å². The van der Waals surface area contributed by atoms with Gasteiger partial charge in [-0.25, -0.2) is 13.9 Å². The SMILES string of the molecule is COc1cc(F)ccc1Cn1nccc1-c1cc2c(cn1)nnn2-c1ccc2[nH]c(=O)[nH]c2c1. The molecular weight excluding hydrogens is 439 g/mol. The van der Waals surface area contributed by atoms with Crippen molar-refractivity contribution >= 4 is 22.1 Å². The van der Waals surface area contributed by atoms with E-state index >= 15 is 0 Å². The number of benzene rings is 2. The van der Waals surface area contributed by atoms with Gasteiger partial charge in [-0.2, -0.15) is 5.10 Å². The summed E-state index contributed by atoms with van der Waals surface area (Å²) in [5.41, 5.74) is 5.45. The molecule has 0 amide bonds. The van der Waals surface area contributed by atoms with Crippen molar-refractivity contribution in [2.24, 2.45) is 0 Å². The van der Waals surface area contributed by atoms with Crippen LogP contribution in [0, 0.1) is 5.82 Å². The highest BCUT2D eigenvalue weighted by molar-refractivity contribution is 5.82. The predicted molar refractivity (Wildman–Crippen MR) is 122 cm³/mol. The van der Waals surface area contributed by atoms with Crippen molar-refractivity contribution < 1.29 is 9.13 Å². The molecule has 168 valence electrons. The minimum absolute atomic E-state index is 0.270. The normalized spacial score (nSPS) is 11.5. The first-order valence-electron chi connectivity index (χ1n) is 10.4. The predicted octanol–water partition coefficient (Wildman–Crippen LogP) is 3.04. The minimum Gasteiger partial charge on any atom is -0.496 e. The minimum atomic E-state index is -0.365. The Morgan fingerprint density at radius 1 is 1.06 bits per heavy atom. The largest absolute Gasteiger partial charge is 0.496 e. The summed E-state index contributed by atoms with van der Waals surface area (Å²) in [4.78, 5) is 21.6. The second kappa shape index (κ2) is 7.66. The molecule has 0 bridgehead atoms. The van der Waals surface area contributed by atoms with E-state index in [0.717, 1.165) is 22.5 Å². The van der Waals surface area contributed by atoms with E-state index < -0.39 is 0 Å². The van der Waals surface area contributed by atoms with Crippen LogP contribution in [0.2, 0.25) is 0 Å². The van der Waals surface area contributed by atoms with Crippen molar-refractivity contribution in [1.29, 1.82) is 0 Å². The van der Waals surface area contributed by atoms with E-state index in [0.29, 0.717) is 34.5 Å². The third-order valence-electron chi connectivity index (χ3n) is 5.62. The molecule has 4 heterocycles. The van der Waals surface area contributed by atoms with Gasteiger partial charge in [0, 0.05) is 17.8 Å². The Morgan fingerprint density at radius 3 is 2.82 bits per heavy atom. The number of aromatic amines is 2. The molecule has 0 spiro atoms. The molecule has 10 nitrogen and oxygen atoms in total. The van der Waals surface area contributed by atoms with Crippen molar-refractivity contribution in [3.63, 3.8) is 0 Å². The first kappa shape index (κ1) is 19.9. The van der Waals surface area contributed by atoms with Crippen LogP contribution in [-0.2, 0) is 6.54 Å². The Balaban J connectivity index is 1.41.